The first-order valence-corrected chi connectivity index (χ1v) is 11.0. The highest BCUT2D eigenvalue weighted by atomic mass is 32.2. The average molecular weight is 432 g/mol. The van der Waals surface area contributed by atoms with Crippen molar-refractivity contribution < 1.29 is 27.5 Å². The number of hydrogen-bond acceptors (Lipinski definition) is 6. The highest BCUT2D eigenvalue weighted by Gasteiger charge is 2.30. The SMILES string of the molecule is COc1ccc(C(=O)OC(C)C(=O)Nc2cccc(C)c2)cc1S(=O)(=O)NC1CC1. The standard InChI is InChI=1S/C21H24N2O6S/c1-13-5-4-6-17(11-13)22-20(24)14(2)29-21(25)15-7-10-18(28-3)19(12-15)30(26,27)23-16-8-9-16/h4-7,10-12,14,16,23H,8-9H2,1-3H3,(H,22,24). The number of aryl methyl sites for hydroxylation is 1. The minimum absolute atomic E-state index is 0.00202. The van der Waals surface area contributed by atoms with Gasteiger partial charge >= 0.3 is 5.97 Å². The van der Waals surface area contributed by atoms with Crippen molar-refractivity contribution in [2.45, 2.75) is 43.7 Å². The Morgan fingerprint density at radius 3 is 2.50 bits per heavy atom. The molecule has 0 heterocycles. The van der Waals surface area contributed by atoms with E-state index < -0.39 is 28.0 Å². The first kappa shape index (κ1) is 21.8. The number of benzene rings is 2. The molecule has 1 fully saturated rings. The lowest BCUT2D eigenvalue weighted by molar-refractivity contribution is -0.123. The van der Waals surface area contributed by atoms with Gasteiger partial charge < -0.3 is 14.8 Å². The van der Waals surface area contributed by atoms with Gasteiger partial charge in [0.2, 0.25) is 10.0 Å². The zero-order valence-electron chi connectivity index (χ0n) is 17.0. The number of hydrogen-bond donors (Lipinski definition) is 2. The average Bonchev–Trinajstić information content (AvgIpc) is 3.50. The summed E-state index contributed by atoms with van der Waals surface area (Å²) in [6, 6.07) is 11.1. The second-order valence-electron chi connectivity index (χ2n) is 7.17. The van der Waals surface area contributed by atoms with Crippen LogP contribution in [0.3, 0.4) is 0 Å². The molecule has 8 nitrogen and oxygen atoms in total. The Labute approximate surface area is 175 Å². The monoisotopic (exact) mass is 432 g/mol. The van der Waals surface area contributed by atoms with E-state index in [1.54, 1.807) is 18.2 Å². The van der Waals surface area contributed by atoms with Gasteiger partial charge in [0.1, 0.15) is 10.6 Å². The van der Waals surface area contributed by atoms with E-state index in [0.717, 1.165) is 18.4 Å². The maximum Gasteiger partial charge on any atom is 0.338 e. The summed E-state index contributed by atoms with van der Waals surface area (Å²) in [6.45, 7) is 3.34. The van der Waals surface area contributed by atoms with Gasteiger partial charge in [-0.3, -0.25) is 4.79 Å². The van der Waals surface area contributed by atoms with Gasteiger partial charge in [-0.15, -0.1) is 0 Å². The summed E-state index contributed by atoms with van der Waals surface area (Å²) in [7, 11) is -2.50. The summed E-state index contributed by atoms with van der Waals surface area (Å²) in [4.78, 5) is 24.7. The van der Waals surface area contributed by atoms with Crippen molar-refractivity contribution in [1.82, 2.24) is 4.72 Å². The molecule has 0 aliphatic heterocycles. The van der Waals surface area contributed by atoms with E-state index in [1.807, 2.05) is 13.0 Å². The van der Waals surface area contributed by atoms with Gasteiger partial charge in [-0.2, -0.15) is 0 Å². The molecule has 1 atom stereocenters. The number of carbonyl (C=O) groups excluding carboxylic acids is 2. The third-order valence-corrected chi connectivity index (χ3v) is 6.07. The molecular weight excluding hydrogens is 408 g/mol. The van der Waals surface area contributed by atoms with Crippen LogP contribution in [0.5, 0.6) is 5.75 Å². The van der Waals surface area contributed by atoms with Gasteiger partial charge in [0, 0.05) is 11.7 Å². The van der Waals surface area contributed by atoms with Crippen LogP contribution >= 0.6 is 0 Å². The summed E-state index contributed by atoms with van der Waals surface area (Å²) in [5.41, 5.74) is 1.57. The van der Waals surface area contributed by atoms with Crippen molar-refractivity contribution in [1.29, 1.82) is 0 Å². The first-order valence-electron chi connectivity index (χ1n) is 9.48. The fourth-order valence-corrected chi connectivity index (χ4v) is 4.25. The van der Waals surface area contributed by atoms with Gasteiger partial charge in [-0.25, -0.2) is 17.9 Å². The number of carbonyl (C=O) groups is 2. The van der Waals surface area contributed by atoms with Crippen molar-refractivity contribution in [2.24, 2.45) is 0 Å². The summed E-state index contributed by atoms with van der Waals surface area (Å²) < 4.78 is 38.1. The quantitative estimate of drug-likeness (QED) is 0.621. The van der Waals surface area contributed by atoms with Crippen LogP contribution in [-0.2, 0) is 19.6 Å². The summed E-state index contributed by atoms with van der Waals surface area (Å²) in [6.07, 6.45) is 0.470. The largest absolute Gasteiger partial charge is 0.495 e. The van der Waals surface area contributed by atoms with Gasteiger partial charge in [0.25, 0.3) is 5.91 Å². The van der Waals surface area contributed by atoms with E-state index >= 15 is 0 Å². The number of rotatable bonds is 8. The molecule has 0 bridgehead atoms. The predicted octanol–water partition coefficient (Wildman–Crippen LogP) is 2.63. The molecule has 0 saturated heterocycles. The molecule has 0 radical (unpaired) electrons. The molecule has 9 heteroatoms. The van der Waals surface area contributed by atoms with Gasteiger partial charge in [-0.1, -0.05) is 12.1 Å². The lowest BCUT2D eigenvalue weighted by Gasteiger charge is -2.15. The van der Waals surface area contributed by atoms with Crippen molar-refractivity contribution >= 4 is 27.6 Å². The number of anilines is 1. The van der Waals surface area contributed by atoms with Crippen molar-refractivity contribution in [3.63, 3.8) is 0 Å². The Morgan fingerprint density at radius 2 is 1.87 bits per heavy atom. The van der Waals surface area contributed by atoms with Crippen LogP contribution in [-0.4, -0.2) is 39.5 Å². The lowest BCUT2D eigenvalue weighted by Crippen LogP contribution is -2.30. The van der Waals surface area contributed by atoms with Crippen molar-refractivity contribution in [2.75, 3.05) is 12.4 Å². The van der Waals surface area contributed by atoms with Crippen molar-refractivity contribution in [3.8, 4) is 5.75 Å². The minimum Gasteiger partial charge on any atom is -0.495 e. The molecule has 0 aromatic heterocycles. The third-order valence-electron chi connectivity index (χ3n) is 4.53. The smallest absolute Gasteiger partial charge is 0.338 e. The van der Waals surface area contributed by atoms with E-state index in [1.165, 1.54) is 32.2 Å². The van der Waals surface area contributed by atoms with E-state index in [9.17, 15) is 18.0 Å². The number of nitrogens with one attached hydrogen (secondary N) is 2. The molecule has 160 valence electrons. The summed E-state index contributed by atoms with van der Waals surface area (Å²) >= 11 is 0. The minimum atomic E-state index is -3.85. The number of ether oxygens (including phenoxy) is 2. The number of esters is 1. The van der Waals surface area contributed by atoms with E-state index in [4.69, 9.17) is 9.47 Å². The molecule has 30 heavy (non-hydrogen) atoms. The Morgan fingerprint density at radius 1 is 1.13 bits per heavy atom. The van der Waals surface area contributed by atoms with E-state index in [-0.39, 0.29) is 22.3 Å². The fraction of sp³-hybridized carbons (Fsp3) is 0.333. The Hall–Kier alpha value is -2.91. The first-order chi connectivity index (χ1) is 14.2. The third kappa shape index (κ3) is 5.37. The molecule has 3 rings (SSSR count). The molecule has 1 amide bonds. The Bertz CT molecular complexity index is 1060. The van der Waals surface area contributed by atoms with Crippen LogP contribution in [0, 0.1) is 6.92 Å². The molecule has 1 unspecified atom stereocenters. The molecule has 1 aliphatic carbocycles. The highest BCUT2D eigenvalue weighted by Crippen LogP contribution is 2.28. The Kier molecular flexibility index (Phi) is 6.42. The zero-order valence-corrected chi connectivity index (χ0v) is 17.8. The number of amides is 1. The van der Waals surface area contributed by atoms with Crippen LogP contribution in [0.15, 0.2) is 47.4 Å². The lowest BCUT2D eigenvalue weighted by atomic mass is 10.2. The van der Waals surface area contributed by atoms with Gasteiger partial charge in [0.15, 0.2) is 6.10 Å². The highest BCUT2D eigenvalue weighted by molar-refractivity contribution is 7.89. The second kappa shape index (κ2) is 8.85. The van der Waals surface area contributed by atoms with Gasteiger partial charge in [-0.05, 0) is 62.6 Å². The van der Waals surface area contributed by atoms with Crippen LogP contribution in [0.2, 0.25) is 0 Å². The molecular formula is C21H24N2O6S. The topological polar surface area (TPSA) is 111 Å². The molecule has 1 saturated carbocycles. The van der Waals surface area contributed by atoms with Crippen LogP contribution in [0.25, 0.3) is 0 Å². The molecule has 2 N–H and O–H groups in total. The molecule has 2 aromatic carbocycles. The number of methoxy groups -OCH3 is 1. The normalized spacial score (nSPS) is 14.6. The fourth-order valence-electron chi connectivity index (χ4n) is 2.75. The maximum absolute atomic E-state index is 12.6. The molecule has 1 aliphatic rings. The summed E-state index contributed by atoms with van der Waals surface area (Å²) in [5.74, 6) is -1.19. The predicted molar refractivity (Wildman–Crippen MR) is 111 cm³/mol. The summed E-state index contributed by atoms with van der Waals surface area (Å²) in [5, 5.41) is 2.68. The maximum atomic E-state index is 12.6. The second-order valence-corrected chi connectivity index (χ2v) is 8.85. The number of sulfonamides is 1. The van der Waals surface area contributed by atoms with E-state index in [2.05, 4.69) is 10.0 Å². The molecule has 0 spiro atoms. The molecule has 2 aromatic rings. The van der Waals surface area contributed by atoms with Crippen LogP contribution < -0.4 is 14.8 Å². The van der Waals surface area contributed by atoms with E-state index in [0.29, 0.717) is 5.69 Å². The Balaban J connectivity index is 1.72. The van der Waals surface area contributed by atoms with Gasteiger partial charge in [0.05, 0.1) is 12.7 Å². The zero-order chi connectivity index (χ0) is 21.9. The van der Waals surface area contributed by atoms with Crippen LogP contribution in [0.1, 0.15) is 35.7 Å². The van der Waals surface area contributed by atoms with Crippen molar-refractivity contribution in [3.05, 3.63) is 53.6 Å². The van der Waals surface area contributed by atoms with Crippen LogP contribution in [0.4, 0.5) is 5.69 Å².